The first-order valence-corrected chi connectivity index (χ1v) is 7.61. The summed E-state index contributed by atoms with van der Waals surface area (Å²) in [6, 6.07) is 7.69. The lowest BCUT2D eigenvalue weighted by atomic mass is 10.1. The molecule has 0 heterocycles. The lowest BCUT2D eigenvalue weighted by Crippen LogP contribution is -2.27. The summed E-state index contributed by atoms with van der Waals surface area (Å²) in [5.41, 5.74) is 1.08. The minimum Gasteiger partial charge on any atom is -0.352 e. The van der Waals surface area contributed by atoms with Crippen molar-refractivity contribution in [3.8, 4) is 0 Å². The van der Waals surface area contributed by atoms with Crippen molar-refractivity contribution in [3.05, 3.63) is 29.8 Å². The highest BCUT2D eigenvalue weighted by Gasteiger charge is 2.20. The van der Waals surface area contributed by atoms with E-state index in [-0.39, 0.29) is 11.8 Å². The molecule has 2 amide bonds. The van der Waals surface area contributed by atoms with E-state index >= 15 is 0 Å². The molecule has 0 aliphatic heterocycles. The molecular weight excluding hydrogens is 266 g/mol. The normalized spacial score (nSPS) is 13.8. The van der Waals surface area contributed by atoms with E-state index in [2.05, 4.69) is 16.0 Å². The zero-order chi connectivity index (χ0) is 15.1. The first-order valence-electron chi connectivity index (χ1n) is 7.61. The maximum absolute atomic E-state index is 12.0. The molecule has 0 radical (unpaired) electrons. The number of carbonyl (C=O) groups is 2. The summed E-state index contributed by atoms with van der Waals surface area (Å²) >= 11 is 0. The molecule has 2 rings (SSSR count). The molecule has 1 aliphatic carbocycles. The smallest absolute Gasteiger partial charge is 0.253 e. The van der Waals surface area contributed by atoms with E-state index in [0.29, 0.717) is 36.8 Å². The number of hydrogen-bond donors (Lipinski definition) is 3. The Balaban J connectivity index is 1.88. The minimum atomic E-state index is -0.149. The van der Waals surface area contributed by atoms with E-state index in [1.54, 1.807) is 18.2 Å². The van der Waals surface area contributed by atoms with Crippen LogP contribution in [0, 0.1) is 0 Å². The number of nitrogens with one attached hydrogen (secondary N) is 3. The molecule has 1 fully saturated rings. The number of rotatable bonds is 8. The molecule has 0 unspecified atom stereocenters. The third-order valence-corrected chi connectivity index (χ3v) is 3.34. The van der Waals surface area contributed by atoms with Gasteiger partial charge in [-0.15, -0.1) is 0 Å². The summed E-state index contributed by atoms with van der Waals surface area (Å²) in [7, 11) is 0. The lowest BCUT2D eigenvalue weighted by molar-refractivity contribution is -0.116. The number of anilines is 1. The minimum absolute atomic E-state index is 0.0705. The number of para-hydroxylation sites is 1. The Bertz CT molecular complexity index is 498. The van der Waals surface area contributed by atoms with Crippen LogP contribution in [0.5, 0.6) is 0 Å². The summed E-state index contributed by atoms with van der Waals surface area (Å²) < 4.78 is 0. The maximum Gasteiger partial charge on any atom is 0.253 e. The molecule has 0 saturated heterocycles. The van der Waals surface area contributed by atoms with Gasteiger partial charge in [-0.1, -0.05) is 19.1 Å². The van der Waals surface area contributed by atoms with Gasteiger partial charge in [0.25, 0.3) is 5.91 Å². The molecule has 1 aromatic carbocycles. The predicted molar refractivity (Wildman–Crippen MR) is 83.3 cm³/mol. The lowest BCUT2D eigenvalue weighted by Gasteiger charge is -2.11. The number of hydrogen-bond acceptors (Lipinski definition) is 3. The van der Waals surface area contributed by atoms with Crippen molar-refractivity contribution in [2.24, 2.45) is 0 Å². The zero-order valence-corrected chi connectivity index (χ0v) is 12.4. The monoisotopic (exact) mass is 289 g/mol. The van der Waals surface area contributed by atoms with Crippen LogP contribution < -0.4 is 16.0 Å². The van der Waals surface area contributed by atoms with Gasteiger partial charge < -0.3 is 16.0 Å². The van der Waals surface area contributed by atoms with Gasteiger partial charge in [-0.2, -0.15) is 0 Å². The fourth-order valence-electron chi connectivity index (χ4n) is 2.01. The van der Waals surface area contributed by atoms with E-state index in [1.807, 2.05) is 13.0 Å². The van der Waals surface area contributed by atoms with E-state index in [9.17, 15) is 9.59 Å². The summed E-state index contributed by atoms with van der Waals surface area (Å²) in [4.78, 5) is 24.0. The van der Waals surface area contributed by atoms with Gasteiger partial charge in [0.15, 0.2) is 0 Å². The first kappa shape index (κ1) is 15.5. The van der Waals surface area contributed by atoms with Gasteiger partial charge in [0, 0.05) is 25.6 Å². The van der Waals surface area contributed by atoms with Gasteiger partial charge >= 0.3 is 0 Å². The maximum atomic E-state index is 12.0. The Labute approximate surface area is 125 Å². The van der Waals surface area contributed by atoms with Crippen LogP contribution in [0.15, 0.2) is 24.3 Å². The van der Waals surface area contributed by atoms with Crippen molar-refractivity contribution in [2.75, 3.05) is 18.4 Å². The third kappa shape index (κ3) is 5.19. The van der Waals surface area contributed by atoms with Crippen molar-refractivity contribution in [2.45, 2.75) is 38.6 Å². The predicted octanol–water partition coefficient (Wildman–Crippen LogP) is 1.91. The average Bonchev–Trinajstić information content (AvgIpc) is 3.29. The van der Waals surface area contributed by atoms with Crippen LogP contribution in [0.3, 0.4) is 0 Å². The molecule has 3 N–H and O–H groups in total. The van der Waals surface area contributed by atoms with Crippen molar-refractivity contribution in [1.82, 2.24) is 10.6 Å². The van der Waals surface area contributed by atoms with E-state index in [1.165, 1.54) is 12.8 Å². The summed E-state index contributed by atoms with van der Waals surface area (Å²) in [6.07, 6.45) is 3.72. The molecule has 0 bridgehead atoms. The second-order valence-corrected chi connectivity index (χ2v) is 5.33. The van der Waals surface area contributed by atoms with Gasteiger partial charge in [0.05, 0.1) is 11.3 Å². The fraction of sp³-hybridized carbons (Fsp3) is 0.500. The molecule has 5 heteroatoms. The van der Waals surface area contributed by atoms with E-state index < -0.39 is 0 Å². The van der Waals surface area contributed by atoms with Gasteiger partial charge in [-0.05, 0) is 31.4 Å². The van der Waals surface area contributed by atoms with Crippen LogP contribution in [0.25, 0.3) is 0 Å². The molecular formula is C16H23N3O2. The number of amides is 2. The van der Waals surface area contributed by atoms with Gasteiger partial charge in [0.1, 0.15) is 0 Å². The quantitative estimate of drug-likeness (QED) is 0.684. The Kier molecular flexibility index (Phi) is 5.75. The van der Waals surface area contributed by atoms with E-state index in [0.717, 1.165) is 6.42 Å². The SMILES string of the molecule is CCCNC(=O)c1ccccc1NC(=O)CCNC1CC1. The van der Waals surface area contributed by atoms with Crippen LogP contribution >= 0.6 is 0 Å². The van der Waals surface area contributed by atoms with Gasteiger partial charge in [0.2, 0.25) is 5.91 Å². The largest absolute Gasteiger partial charge is 0.352 e. The summed E-state index contributed by atoms with van der Waals surface area (Å²) in [6.45, 7) is 3.31. The highest BCUT2D eigenvalue weighted by Crippen LogP contribution is 2.18. The van der Waals surface area contributed by atoms with Crippen LogP contribution in [-0.2, 0) is 4.79 Å². The second kappa shape index (κ2) is 7.78. The first-order chi connectivity index (χ1) is 10.2. The van der Waals surface area contributed by atoms with Crippen molar-refractivity contribution < 1.29 is 9.59 Å². The molecule has 21 heavy (non-hydrogen) atoms. The third-order valence-electron chi connectivity index (χ3n) is 3.34. The Morgan fingerprint density at radius 2 is 1.95 bits per heavy atom. The molecule has 1 saturated carbocycles. The molecule has 114 valence electrons. The van der Waals surface area contributed by atoms with Crippen LogP contribution in [0.2, 0.25) is 0 Å². The molecule has 0 atom stereocenters. The van der Waals surface area contributed by atoms with Crippen LogP contribution in [-0.4, -0.2) is 30.9 Å². The molecule has 1 aliphatic rings. The molecule has 0 spiro atoms. The Hall–Kier alpha value is -1.88. The van der Waals surface area contributed by atoms with E-state index in [4.69, 9.17) is 0 Å². The standard InChI is InChI=1S/C16H23N3O2/c1-2-10-18-16(21)13-5-3-4-6-14(13)19-15(20)9-11-17-12-7-8-12/h3-6,12,17H,2,7-11H2,1H3,(H,18,21)(H,19,20). The number of benzene rings is 1. The molecule has 0 aromatic heterocycles. The Morgan fingerprint density at radius 1 is 1.19 bits per heavy atom. The number of carbonyl (C=O) groups excluding carboxylic acids is 2. The highest BCUT2D eigenvalue weighted by atomic mass is 16.2. The summed E-state index contributed by atoms with van der Waals surface area (Å²) in [5, 5.41) is 8.95. The van der Waals surface area contributed by atoms with Crippen LogP contribution in [0.1, 0.15) is 43.0 Å². The fourth-order valence-corrected chi connectivity index (χ4v) is 2.01. The zero-order valence-electron chi connectivity index (χ0n) is 12.4. The van der Waals surface area contributed by atoms with Crippen molar-refractivity contribution in [3.63, 3.8) is 0 Å². The summed E-state index contributed by atoms with van der Waals surface area (Å²) in [5.74, 6) is -0.220. The molecule has 1 aromatic rings. The van der Waals surface area contributed by atoms with Crippen LogP contribution in [0.4, 0.5) is 5.69 Å². The van der Waals surface area contributed by atoms with Gasteiger partial charge in [-0.25, -0.2) is 0 Å². The van der Waals surface area contributed by atoms with Crippen molar-refractivity contribution in [1.29, 1.82) is 0 Å². The molecule has 5 nitrogen and oxygen atoms in total. The highest BCUT2D eigenvalue weighted by molar-refractivity contribution is 6.03. The average molecular weight is 289 g/mol. The Morgan fingerprint density at radius 3 is 2.67 bits per heavy atom. The second-order valence-electron chi connectivity index (χ2n) is 5.33. The van der Waals surface area contributed by atoms with Gasteiger partial charge in [-0.3, -0.25) is 9.59 Å². The van der Waals surface area contributed by atoms with Crippen molar-refractivity contribution >= 4 is 17.5 Å². The topological polar surface area (TPSA) is 70.2 Å².